The van der Waals surface area contributed by atoms with Crippen molar-refractivity contribution >= 4 is 23.0 Å². The molecule has 0 unspecified atom stereocenters. The van der Waals surface area contributed by atoms with Crippen LogP contribution in [0.25, 0.3) is 0 Å². The maximum absolute atomic E-state index is 13.6. The minimum absolute atomic E-state index is 0.0400. The lowest BCUT2D eigenvalue weighted by atomic mass is 9.94. The highest BCUT2D eigenvalue weighted by molar-refractivity contribution is 7.14. The number of ketones is 1. The van der Waals surface area contributed by atoms with E-state index in [0.29, 0.717) is 40.6 Å². The molecule has 1 aromatic heterocycles. The van der Waals surface area contributed by atoms with Crippen LogP contribution in [-0.4, -0.2) is 73.0 Å². The smallest absolute Gasteiger partial charge is 0.290 e. The van der Waals surface area contributed by atoms with E-state index in [1.165, 1.54) is 23.3 Å². The lowest BCUT2D eigenvalue weighted by molar-refractivity contribution is -0.129. The first-order valence-electron chi connectivity index (χ1n) is 10.3. The lowest BCUT2D eigenvalue weighted by Gasteiger charge is -2.28. The normalized spacial score (nSPS) is 16.3. The monoisotopic (exact) mass is 459 g/mol. The van der Waals surface area contributed by atoms with Crippen molar-refractivity contribution in [3.8, 4) is 11.5 Å². The third-order valence-electron chi connectivity index (χ3n) is 5.39. The zero-order valence-electron chi connectivity index (χ0n) is 19.3. The number of rotatable bonds is 9. The molecule has 1 amide bonds. The number of aryl methyl sites for hydroxylation is 2. The first-order valence-corrected chi connectivity index (χ1v) is 11.1. The largest absolute Gasteiger partial charge is 0.503 e. The zero-order valence-corrected chi connectivity index (χ0v) is 20.1. The van der Waals surface area contributed by atoms with Crippen molar-refractivity contribution in [1.29, 1.82) is 0 Å². The molecule has 1 atom stereocenters. The quantitative estimate of drug-likeness (QED) is 0.575. The van der Waals surface area contributed by atoms with Crippen molar-refractivity contribution in [3.05, 3.63) is 50.7 Å². The van der Waals surface area contributed by atoms with Gasteiger partial charge in [-0.3, -0.25) is 9.59 Å². The molecule has 0 fully saturated rings. The van der Waals surface area contributed by atoms with E-state index in [0.717, 1.165) is 11.6 Å². The molecular formula is C23H29N3O5S. The van der Waals surface area contributed by atoms with Gasteiger partial charge in [0, 0.05) is 12.1 Å². The Labute approximate surface area is 192 Å². The van der Waals surface area contributed by atoms with Gasteiger partial charge in [0.1, 0.15) is 11.5 Å². The molecule has 172 valence electrons. The van der Waals surface area contributed by atoms with Crippen molar-refractivity contribution in [2.45, 2.75) is 26.3 Å². The summed E-state index contributed by atoms with van der Waals surface area (Å²) in [7, 11) is 6.98. The lowest BCUT2D eigenvalue weighted by Crippen LogP contribution is -2.33. The number of ether oxygens (including phenoxy) is 2. The van der Waals surface area contributed by atoms with Crippen LogP contribution in [0.5, 0.6) is 11.5 Å². The maximum atomic E-state index is 13.6. The van der Waals surface area contributed by atoms with Crippen LogP contribution in [0.2, 0.25) is 0 Å². The third-order valence-corrected chi connectivity index (χ3v) is 6.47. The Hall–Kier alpha value is -2.91. The van der Waals surface area contributed by atoms with Gasteiger partial charge < -0.3 is 24.4 Å². The van der Waals surface area contributed by atoms with E-state index in [4.69, 9.17) is 9.47 Å². The van der Waals surface area contributed by atoms with Gasteiger partial charge >= 0.3 is 0 Å². The molecule has 32 heavy (non-hydrogen) atoms. The summed E-state index contributed by atoms with van der Waals surface area (Å²) >= 11 is 1.25. The summed E-state index contributed by atoms with van der Waals surface area (Å²) in [6, 6.07) is 4.42. The summed E-state index contributed by atoms with van der Waals surface area (Å²) in [5, 5.41) is 11.6. The van der Waals surface area contributed by atoms with Crippen LogP contribution in [0.1, 0.15) is 38.4 Å². The number of carbonyl (C=O) groups is 2. The topological polar surface area (TPSA) is 92.2 Å². The summed E-state index contributed by atoms with van der Waals surface area (Å²) in [6.07, 6.45) is 0.676. The minimum Gasteiger partial charge on any atom is -0.503 e. The van der Waals surface area contributed by atoms with Gasteiger partial charge in [-0.1, -0.05) is 0 Å². The van der Waals surface area contributed by atoms with E-state index in [2.05, 4.69) is 4.98 Å². The number of amides is 1. The molecule has 1 aliphatic rings. The van der Waals surface area contributed by atoms with Crippen LogP contribution >= 0.6 is 11.3 Å². The number of hydrogen-bond acceptors (Lipinski definition) is 8. The van der Waals surface area contributed by atoms with Crippen LogP contribution in [-0.2, 0) is 4.79 Å². The van der Waals surface area contributed by atoms with Crippen LogP contribution in [0.4, 0.5) is 0 Å². The number of carbonyl (C=O) groups excluding carboxylic acids is 2. The number of benzene rings is 1. The second kappa shape index (κ2) is 9.70. The molecule has 3 rings (SSSR count). The number of hydrogen-bond donors (Lipinski definition) is 1. The number of aliphatic hydroxyl groups is 1. The molecule has 2 heterocycles. The van der Waals surface area contributed by atoms with Crippen molar-refractivity contribution in [2.75, 3.05) is 41.4 Å². The second-order valence-corrected chi connectivity index (χ2v) is 9.11. The Morgan fingerprint density at radius 3 is 2.53 bits per heavy atom. The van der Waals surface area contributed by atoms with Gasteiger partial charge in [0.2, 0.25) is 5.78 Å². The molecule has 0 aliphatic carbocycles. The van der Waals surface area contributed by atoms with E-state index < -0.39 is 23.5 Å². The van der Waals surface area contributed by atoms with Gasteiger partial charge in [-0.2, -0.15) is 0 Å². The molecule has 0 saturated heterocycles. The van der Waals surface area contributed by atoms with E-state index >= 15 is 0 Å². The molecule has 0 radical (unpaired) electrons. The molecule has 0 bridgehead atoms. The minimum atomic E-state index is -0.802. The predicted octanol–water partition coefficient (Wildman–Crippen LogP) is 3.31. The van der Waals surface area contributed by atoms with Crippen molar-refractivity contribution in [2.24, 2.45) is 0 Å². The standard InChI is InChI=1S/C23H29N3O5S/c1-13-22(32-14(2)24-13)20(27)18-19(16-12-15(30-5)8-9-17(16)31-6)26(23(29)21(18)28)11-7-10-25(3)4/h8-9,12,19,28H,7,10-11H2,1-6H3/t19-/m0/s1. The fraction of sp³-hybridized carbons (Fsp3) is 0.435. The Balaban J connectivity index is 2.14. The SMILES string of the molecule is COc1ccc(OC)c([C@H]2C(C(=O)c3sc(C)nc3C)=C(O)C(=O)N2CCCN(C)C)c1. The van der Waals surface area contributed by atoms with E-state index in [-0.39, 0.29) is 5.57 Å². The Bertz CT molecular complexity index is 1060. The summed E-state index contributed by atoms with van der Waals surface area (Å²) in [6.45, 7) is 4.69. The fourth-order valence-electron chi connectivity index (χ4n) is 3.91. The summed E-state index contributed by atoms with van der Waals surface area (Å²) in [4.78, 5) is 35.0. The number of thiazole rings is 1. The van der Waals surface area contributed by atoms with Crippen LogP contribution in [0.3, 0.4) is 0 Å². The highest BCUT2D eigenvalue weighted by atomic mass is 32.1. The first kappa shape index (κ1) is 23.7. The summed E-state index contributed by atoms with van der Waals surface area (Å²) in [5.74, 6) is -0.437. The van der Waals surface area contributed by atoms with Crippen molar-refractivity contribution in [3.63, 3.8) is 0 Å². The van der Waals surface area contributed by atoms with Gasteiger partial charge in [-0.15, -0.1) is 11.3 Å². The molecular weight excluding hydrogens is 430 g/mol. The molecule has 2 aromatic rings. The van der Waals surface area contributed by atoms with Gasteiger partial charge in [0.05, 0.1) is 41.4 Å². The zero-order chi connectivity index (χ0) is 23.6. The average Bonchev–Trinajstić information content (AvgIpc) is 3.22. The maximum Gasteiger partial charge on any atom is 0.290 e. The Morgan fingerprint density at radius 1 is 1.25 bits per heavy atom. The number of aliphatic hydroxyl groups excluding tert-OH is 1. The van der Waals surface area contributed by atoms with Gasteiger partial charge in [-0.25, -0.2) is 4.98 Å². The molecule has 1 aliphatic heterocycles. The second-order valence-electron chi connectivity index (χ2n) is 7.90. The van der Waals surface area contributed by atoms with Crippen LogP contribution in [0, 0.1) is 13.8 Å². The summed E-state index contributed by atoms with van der Waals surface area (Å²) < 4.78 is 10.9. The van der Waals surface area contributed by atoms with Crippen LogP contribution < -0.4 is 9.47 Å². The highest BCUT2D eigenvalue weighted by Crippen LogP contribution is 2.44. The number of Topliss-reactive ketones (excluding diaryl/α,β-unsaturated/α-hetero) is 1. The highest BCUT2D eigenvalue weighted by Gasteiger charge is 2.45. The van der Waals surface area contributed by atoms with Crippen molar-refractivity contribution < 1.29 is 24.2 Å². The van der Waals surface area contributed by atoms with E-state index in [1.54, 1.807) is 32.2 Å². The van der Waals surface area contributed by atoms with Crippen molar-refractivity contribution in [1.82, 2.24) is 14.8 Å². The summed E-state index contributed by atoms with van der Waals surface area (Å²) in [5.41, 5.74) is 1.20. The predicted molar refractivity (Wildman–Crippen MR) is 123 cm³/mol. The van der Waals surface area contributed by atoms with Gasteiger partial charge in [0.25, 0.3) is 5.91 Å². The average molecular weight is 460 g/mol. The molecule has 0 saturated carbocycles. The third kappa shape index (κ3) is 4.49. The van der Waals surface area contributed by atoms with Gasteiger partial charge in [0.15, 0.2) is 5.76 Å². The van der Waals surface area contributed by atoms with E-state index in [9.17, 15) is 14.7 Å². The molecule has 9 heteroatoms. The number of nitrogens with zero attached hydrogens (tertiary/aromatic N) is 3. The fourth-order valence-corrected chi connectivity index (χ4v) is 4.79. The number of methoxy groups -OCH3 is 2. The molecule has 1 N–H and O–H groups in total. The van der Waals surface area contributed by atoms with E-state index in [1.807, 2.05) is 25.9 Å². The van der Waals surface area contributed by atoms with Crippen LogP contribution in [0.15, 0.2) is 29.5 Å². The first-order chi connectivity index (χ1) is 15.2. The molecule has 0 spiro atoms. The van der Waals surface area contributed by atoms with Gasteiger partial charge in [-0.05, 0) is 59.1 Å². The Morgan fingerprint density at radius 2 is 1.97 bits per heavy atom. The molecule has 8 nitrogen and oxygen atoms in total. The number of aromatic nitrogens is 1. The molecule has 1 aromatic carbocycles. The Kier molecular flexibility index (Phi) is 7.20.